The van der Waals surface area contributed by atoms with Crippen molar-refractivity contribution in [2.75, 3.05) is 13.1 Å². The summed E-state index contributed by atoms with van der Waals surface area (Å²) in [6, 6.07) is 0.245. The molecule has 2 heterocycles. The molecule has 0 spiro atoms. The van der Waals surface area contributed by atoms with Crippen LogP contribution in [0.5, 0.6) is 6.01 Å². The fourth-order valence-electron chi connectivity index (χ4n) is 1.24. The zero-order chi connectivity index (χ0) is 9.10. The van der Waals surface area contributed by atoms with Gasteiger partial charge < -0.3 is 10.1 Å². The zero-order valence-corrected chi connectivity index (χ0v) is 7.03. The lowest BCUT2D eigenvalue weighted by molar-refractivity contribution is 0.203. The topological polar surface area (TPSA) is 47.0 Å². The molecule has 1 saturated heterocycles. The number of rotatable bonds is 2. The first-order chi connectivity index (χ1) is 6.34. The number of hydrogen-bond donors (Lipinski definition) is 1. The Balaban J connectivity index is 1.97. The summed E-state index contributed by atoms with van der Waals surface area (Å²) in [5.74, 6) is -0.447. The fraction of sp³-hybridized carbons (Fsp3) is 0.500. The fourth-order valence-corrected chi connectivity index (χ4v) is 1.24. The third-order valence-electron chi connectivity index (χ3n) is 1.88. The van der Waals surface area contributed by atoms with Crippen molar-refractivity contribution in [3.63, 3.8) is 0 Å². The van der Waals surface area contributed by atoms with E-state index >= 15 is 0 Å². The van der Waals surface area contributed by atoms with Crippen molar-refractivity contribution in [2.45, 2.75) is 12.5 Å². The summed E-state index contributed by atoms with van der Waals surface area (Å²) in [6.07, 6.45) is 3.27. The molecule has 1 atom stereocenters. The van der Waals surface area contributed by atoms with Crippen LogP contribution in [0.4, 0.5) is 4.39 Å². The third kappa shape index (κ3) is 2.12. The standard InChI is InChI=1S/C8H10FN3O/c9-6-3-11-8(12-4-6)13-7-1-2-10-5-7/h3-4,7,10H,1-2,5H2/t7-/m0/s1. The Morgan fingerprint density at radius 1 is 1.46 bits per heavy atom. The minimum atomic E-state index is -0.447. The van der Waals surface area contributed by atoms with Crippen molar-refractivity contribution in [3.05, 3.63) is 18.2 Å². The van der Waals surface area contributed by atoms with E-state index in [-0.39, 0.29) is 12.1 Å². The molecule has 0 amide bonds. The normalized spacial score (nSPS) is 21.8. The van der Waals surface area contributed by atoms with Crippen LogP contribution in [0.3, 0.4) is 0 Å². The van der Waals surface area contributed by atoms with E-state index in [0.717, 1.165) is 31.9 Å². The van der Waals surface area contributed by atoms with Crippen LogP contribution in [0.1, 0.15) is 6.42 Å². The van der Waals surface area contributed by atoms with Crippen LogP contribution >= 0.6 is 0 Å². The van der Waals surface area contributed by atoms with Crippen molar-refractivity contribution in [1.29, 1.82) is 0 Å². The number of hydrogen-bond acceptors (Lipinski definition) is 4. The lowest BCUT2D eigenvalue weighted by Gasteiger charge is -2.09. The molecule has 0 saturated carbocycles. The molecule has 1 aromatic rings. The second-order valence-corrected chi connectivity index (χ2v) is 2.92. The summed E-state index contributed by atoms with van der Waals surface area (Å²) in [7, 11) is 0. The second kappa shape index (κ2) is 3.66. The number of nitrogens with one attached hydrogen (secondary N) is 1. The summed E-state index contributed by atoms with van der Waals surface area (Å²) < 4.78 is 17.8. The molecule has 1 aliphatic heterocycles. The number of aromatic nitrogens is 2. The summed E-state index contributed by atoms with van der Waals surface area (Å²) >= 11 is 0. The van der Waals surface area contributed by atoms with Gasteiger partial charge in [0.1, 0.15) is 6.10 Å². The average Bonchev–Trinajstić information content (AvgIpc) is 2.62. The summed E-state index contributed by atoms with van der Waals surface area (Å²) in [5, 5.41) is 3.15. The lowest BCUT2D eigenvalue weighted by Crippen LogP contribution is -2.20. The van der Waals surface area contributed by atoms with E-state index in [1.807, 2.05) is 0 Å². The molecule has 1 fully saturated rings. The maximum absolute atomic E-state index is 12.4. The Bertz CT molecular complexity index is 271. The van der Waals surface area contributed by atoms with Gasteiger partial charge in [-0.05, 0) is 13.0 Å². The molecule has 0 aliphatic carbocycles. The van der Waals surface area contributed by atoms with Gasteiger partial charge in [0.15, 0.2) is 5.82 Å². The molecule has 0 bridgehead atoms. The molecule has 0 aromatic carbocycles. The van der Waals surface area contributed by atoms with Gasteiger partial charge in [-0.2, -0.15) is 0 Å². The van der Waals surface area contributed by atoms with Crippen LogP contribution in [0.15, 0.2) is 12.4 Å². The molecule has 1 N–H and O–H groups in total. The minimum Gasteiger partial charge on any atom is -0.459 e. The van der Waals surface area contributed by atoms with Gasteiger partial charge in [0.05, 0.1) is 12.4 Å². The van der Waals surface area contributed by atoms with E-state index in [2.05, 4.69) is 15.3 Å². The Labute approximate surface area is 75.2 Å². The van der Waals surface area contributed by atoms with E-state index in [0.29, 0.717) is 0 Å². The predicted octanol–water partition coefficient (Wildman–Crippen LogP) is 0.356. The van der Waals surface area contributed by atoms with E-state index < -0.39 is 5.82 Å². The Morgan fingerprint density at radius 2 is 2.23 bits per heavy atom. The van der Waals surface area contributed by atoms with Crippen LogP contribution in [-0.4, -0.2) is 29.2 Å². The van der Waals surface area contributed by atoms with Gasteiger partial charge in [-0.3, -0.25) is 0 Å². The van der Waals surface area contributed by atoms with Crippen LogP contribution in [0.25, 0.3) is 0 Å². The Morgan fingerprint density at radius 3 is 2.85 bits per heavy atom. The van der Waals surface area contributed by atoms with E-state index in [1.165, 1.54) is 0 Å². The number of ether oxygens (including phenoxy) is 1. The molecule has 0 radical (unpaired) electrons. The maximum Gasteiger partial charge on any atom is 0.316 e. The maximum atomic E-state index is 12.4. The van der Waals surface area contributed by atoms with Crippen molar-refractivity contribution < 1.29 is 9.13 Å². The minimum absolute atomic E-state index is 0.116. The molecule has 70 valence electrons. The van der Waals surface area contributed by atoms with Gasteiger partial charge in [-0.15, -0.1) is 0 Å². The predicted molar refractivity (Wildman–Crippen MR) is 43.9 cm³/mol. The molecule has 1 aromatic heterocycles. The molecule has 1 aliphatic rings. The highest BCUT2D eigenvalue weighted by molar-refractivity contribution is 4.97. The smallest absolute Gasteiger partial charge is 0.316 e. The Kier molecular flexibility index (Phi) is 2.35. The van der Waals surface area contributed by atoms with Gasteiger partial charge in [-0.1, -0.05) is 0 Å². The highest BCUT2D eigenvalue weighted by Crippen LogP contribution is 2.08. The van der Waals surface area contributed by atoms with Crippen molar-refractivity contribution in [3.8, 4) is 6.01 Å². The summed E-state index contributed by atoms with van der Waals surface area (Å²) in [6.45, 7) is 1.76. The van der Waals surface area contributed by atoms with Crippen LogP contribution in [0.2, 0.25) is 0 Å². The molecule has 2 rings (SSSR count). The van der Waals surface area contributed by atoms with Crippen LogP contribution in [-0.2, 0) is 0 Å². The van der Waals surface area contributed by atoms with Gasteiger partial charge in [-0.25, -0.2) is 14.4 Å². The van der Waals surface area contributed by atoms with Crippen molar-refractivity contribution >= 4 is 0 Å². The molecule has 5 heteroatoms. The number of halogens is 1. The first kappa shape index (κ1) is 8.37. The van der Waals surface area contributed by atoms with Crippen molar-refractivity contribution in [2.24, 2.45) is 0 Å². The van der Waals surface area contributed by atoms with Gasteiger partial charge in [0, 0.05) is 6.54 Å². The van der Waals surface area contributed by atoms with E-state index in [1.54, 1.807) is 0 Å². The van der Waals surface area contributed by atoms with E-state index in [9.17, 15) is 4.39 Å². The SMILES string of the molecule is Fc1cnc(O[C@H]2CCNC2)nc1. The highest BCUT2D eigenvalue weighted by Gasteiger charge is 2.16. The molecular formula is C8H10FN3O. The summed E-state index contributed by atoms with van der Waals surface area (Å²) in [4.78, 5) is 7.41. The van der Waals surface area contributed by atoms with Crippen molar-refractivity contribution in [1.82, 2.24) is 15.3 Å². The first-order valence-corrected chi connectivity index (χ1v) is 4.19. The van der Waals surface area contributed by atoms with Gasteiger partial charge in [0.2, 0.25) is 0 Å². The lowest BCUT2D eigenvalue weighted by atomic mass is 10.3. The van der Waals surface area contributed by atoms with Gasteiger partial charge >= 0.3 is 6.01 Å². The summed E-state index contributed by atoms with van der Waals surface area (Å²) in [5.41, 5.74) is 0. The zero-order valence-electron chi connectivity index (χ0n) is 7.03. The van der Waals surface area contributed by atoms with Crippen LogP contribution < -0.4 is 10.1 Å². The second-order valence-electron chi connectivity index (χ2n) is 2.92. The molecule has 4 nitrogen and oxygen atoms in total. The first-order valence-electron chi connectivity index (χ1n) is 4.19. The molecular weight excluding hydrogens is 173 g/mol. The number of nitrogens with zero attached hydrogens (tertiary/aromatic N) is 2. The quantitative estimate of drug-likeness (QED) is 0.719. The average molecular weight is 183 g/mol. The largest absolute Gasteiger partial charge is 0.459 e. The van der Waals surface area contributed by atoms with E-state index in [4.69, 9.17) is 4.74 Å². The highest BCUT2D eigenvalue weighted by atomic mass is 19.1. The Hall–Kier alpha value is -1.23. The monoisotopic (exact) mass is 183 g/mol. The van der Waals surface area contributed by atoms with Crippen LogP contribution in [0, 0.1) is 5.82 Å². The molecule has 0 unspecified atom stereocenters. The third-order valence-corrected chi connectivity index (χ3v) is 1.88. The van der Waals surface area contributed by atoms with Gasteiger partial charge in [0.25, 0.3) is 0 Å². The molecule has 13 heavy (non-hydrogen) atoms.